The zero-order valence-electron chi connectivity index (χ0n) is 12.8. The second kappa shape index (κ2) is 7.12. The van der Waals surface area contributed by atoms with E-state index >= 15 is 0 Å². The van der Waals surface area contributed by atoms with Crippen LogP contribution in [0.25, 0.3) is 0 Å². The van der Waals surface area contributed by atoms with Gasteiger partial charge in [-0.3, -0.25) is 25.0 Å². The molecule has 1 aromatic rings. The van der Waals surface area contributed by atoms with E-state index in [2.05, 4.69) is 15.3 Å². The zero-order valence-corrected chi connectivity index (χ0v) is 12.8. The lowest BCUT2D eigenvalue weighted by Crippen LogP contribution is -2.60. The van der Waals surface area contributed by atoms with Gasteiger partial charge in [0.2, 0.25) is 11.7 Å². The van der Waals surface area contributed by atoms with Crippen LogP contribution in [0.4, 0.5) is 0 Å². The maximum absolute atomic E-state index is 12.2. The molecular formula is C13H21N5O4. The lowest BCUT2D eigenvalue weighted by molar-refractivity contribution is -0.594. The fourth-order valence-corrected chi connectivity index (χ4v) is 2.24. The number of aromatic amines is 1. The average molecular weight is 311 g/mol. The molecule has 0 aromatic carbocycles. The number of nitrogens with one attached hydrogen (secondary N) is 2. The quantitative estimate of drug-likeness (QED) is 0.358. The van der Waals surface area contributed by atoms with Crippen molar-refractivity contribution in [2.45, 2.75) is 45.3 Å². The van der Waals surface area contributed by atoms with E-state index in [0.29, 0.717) is 6.42 Å². The molecule has 9 nitrogen and oxygen atoms in total. The number of nitrogens with zero attached hydrogens (tertiary/aromatic N) is 2. The first kappa shape index (κ1) is 17.8. The third-order valence-electron chi connectivity index (χ3n) is 3.46. The van der Waals surface area contributed by atoms with E-state index in [1.54, 1.807) is 6.92 Å². The molecule has 0 aliphatic heterocycles. The highest BCUT2D eigenvalue weighted by Gasteiger charge is 2.57. The van der Waals surface area contributed by atoms with E-state index < -0.39 is 34.2 Å². The van der Waals surface area contributed by atoms with Crippen LogP contribution in [-0.4, -0.2) is 32.6 Å². The number of ketones is 1. The topological polar surface area (TPSA) is 144 Å². The number of aromatic nitrogens is 2. The van der Waals surface area contributed by atoms with Gasteiger partial charge in [0.1, 0.15) is 5.92 Å². The van der Waals surface area contributed by atoms with Gasteiger partial charge in [0, 0.05) is 18.8 Å². The summed E-state index contributed by atoms with van der Waals surface area (Å²) in [4.78, 5) is 41.7. The van der Waals surface area contributed by atoms with Gasteiger partial charge in [-0.2, -0.15) is 0 Å². The summed E-state index contributed by atoms with van der Waals surface area (Å²) >= 11 is 0. The number of H-pyrrole nitrogens is 1. The van der Waals surface area contributed by atoms with Gasteiger partial charge in [0.15, 0.2) is 5.78 Å². The number of carbonyl (C=O) groups excluding carboxylic acids is 2. The molecule has 22 heavy (non-hydrogen) atoms. The third-order valence-corrected chi connectivity index (χ3v) is 3.46. The molecule has 0 aliphatic carbocycles. The molecule has 0 fully saturated rings. The average Bonchev–Trinajstić information content (AvgIpc) is 2.97. The Morgan fingerprint density at radius 3 is 2.59 bits per heavy atom. The third kappa shape index (κ3) is 3.30. The highest BCUT2D eigenvalue weighted by atomic mass is 16.6. The first-order chi connectivity index (χ1) is 10.3. The van der Waals surface area contributed by atoms with Crippen molar-refractivity contribution in [3.05, 3.63) is 28.3 Å². The minimum Gasteiger partial charge on any atom is -0.341 e. The Balaban J connectivity index is 3.37. The van der Waals surface area contributed by atoms with Crippen molar-refractivity contribution in [2.75, 3.05) is 0 Å². The van der Waals surface area contributed by atoms with Crippen molar-refractivity contribution >= 4 is 11.7 Å². The highest BCUT2D eigenvalue weighted by molar-refractivity contribution is 5.87. The molecule has 4 N–H and O–H groups in total. The van der Waals surface area contributed by atoms with Crippen LogP contribution in [0.1, 0.15) is 39.4 Å². The zero-order chi connectivity index (χ0) is 16.9. The van der Waals surface area contributed by atoms with E-state index in [-0.39, 0.29) is 12.2 Å². The normalized spacial score (nSPS) is 16.4. The number of nitro groups is 1. The second-order valence-electron chi connectivity index (χ2n) is 5.17. The van der Waals surface area contributed by atoms with E-state index in [0.717, 1.165) is 0 Å². The SMILES string of the molecule is CCCC(=O)NC(c1ncc[nH]1)(C(C)C(=O)[C@H](C)N)[N+](=O)[O-]. The minimum absolute atomic E-state index is 0.107. The van der Waals surface area contributed by atoms with Crippen molar-refractivity contribution < 1.29 is 14.5 Å². The lowest BCUT2D eigenvalue weighted by atomic mass is 9.86. The molecule has 1 amide bonds. The van der Waals surface area contributed by atoms with Crippen molar-refractivity contribution in [1.82, 2.24) is 15.3 Å². The largest absolute Gasteiger partial charge is 0.363 e. The second-order valence-corrected chi connectivity index (χ2v) is 5.17. The van der Waals surface area contributed by atoms with Crippen molar-refractivity contribution in [3.63, 3.8) is 0 Å². The summed E-state index contributed by atoms with van der Waals surface area (Å²) in [6.45, 7) is 4.58. The summed E-state index contributed by atoms with van der Waals surface area (Å²) in [6.07, 6.45) is 3.34. The summed E-state index contributed by atoms with van der Waals surface area (Å²) in [7, 11) is 0. The molecule has 122 valence electrons. The van der Waals surface area contributed by atoms with Crippen LogP contribution in [0.15, 0.2) is 12.4 Å². The number of hydrogen-bond acceptors (Lipinski definition) is 6. The molecule has 9 heteroatoms. The molecule has 0 bridgehead atoms. The van der Waals surface area contributed by atoms with Gasteiger partial charge >= 0.3 is 5.66 Å². The first-order valence-corrected chi connectivity index (χ1v) is 7.02. The van der Waals surface area contributed by atoms with E-state index in [9.17, 15) is 19.7 Å². The maximum Gasteiger partial charge on any atom is 0.363 e. The number of carbonyl (C=O) groups is 2. The minimum atomic E-state index is -2.17. The fourth-order valence-electron chi connectivity index (χ4n) is 2.24. The lowest BCUT2D eigenvalue weighted by Gasteiger charge is -2.29. The van der Waals surface area contributed by atoms with Gasteiger partial charge in [0.25, 0.3) is 0 Å². The van der Waals surface area contributed by atoms with Crippen LogP contribution in [-0.2, 0) is 15.3 Å². The van der Waals surface area contributed by atoms with E-state index in [4.69, 9.17) is 5.73 Å². The molecule has 1 rings (SSSR count). The monoisotopic (exact) mass is 311 g/mol. The van der Waals surface area contributed by atoms with Crippen LogP contribution in [0.2, 0.25) is 0 Å². The van der Waals surface area contributed by atoms with Gasteiger partial charge in [0.05, 0.1) is 11.0 Å². The Kier molecular flexibility index (Phi) is 5.75. The molecule has 0 spiro atoms. The Morgan fingerprint density at radius 2 is 2.18 bits per heavy atom. The number of nitrogens with two attached hydrogens (primary N) is 1. The molecule has 0 radical (unpaired) electrons. The Hall–Kier alpha value is -2.29. The number of rotatable bonds is 8. The van der Waals surface area contributed by atoms with Gasteiger partial charge in [-0.05, 0) is 20.3 Å². The maximum atomic E-state index is 12.2. The Labute approximate surface area is 127 Å². The molecular weight excluding hydrogens is 290 g/mol. The smallest absolute Gasteiger partial charge is 0.341 e. The van der Waals surface area contributed by atoms with Gasteiger partial charge in [-0.1, -0.05) is 6.92 Å². The van der Waals surface area contributed by atoms with E-state index in [1.165, 1.54) is 26.2 Å². The van der Waals surface area contributed by atoms with Crippen LogP contribution < -0.4 is 11.1 Å². The Morgan fingerprint density at radius 1 is 1.55 bits per heavy atom. The predicted molar refractivity (Wildman–Crippen MR) is 78.1 cm³/mol. The molecule has 3 atom stereocenters. The number of hydrogen-bond donors (Lipinski definition) is 3. The number of Topliss-reactive ketones (excluding diaryl/α,β-unsaturated/α-hetero) is 1. The summed E-state index contributed by atoms with van der Waals surface area (Å²) in [5.41, 5.74) is 3.39. The summed E-state index contributed by atoms with van der Waals surface area (Å²) < 4.78 is 0. The summed E-state index contributed by atoms with van der Waals surface area (Å²) in [6, 6.07) is -0.896. The standard InChI is InChI=1S/C13H21N5O4/c1-4-5-10(19)17-13(18(21)22,12-15-6-7-16-12)8(2)11(20)9(3)14/h6-9H,4-5,14H2,1-3H3,(H,15,16)(H,17,19)/t8?,9-,13?/m0/s1. The number of imidazole rings is 1. The van der Waals surface area contributed by atoms with Crippen molar-refractivity contribution in [1.29, 1.82) is 0 Å². The predicted octanol–water partition coefficient (Wildman–Crippen LogP) is 0.308. The molecule has 1 aromatic heterocycles. The molecule has 2 unspecified atom stereocenters. The Bertz CT molecular complexity index is 543. The van der Waals surface area contributed by atoms with Crippen LogP contribution >= 0.6 is 0 Å². The fraction of sp³-hybridized carbons (Fsp3) is 0.615. The van der Waals surface area contributed by atoms with Crippen molar-refractivity contribution in [2.24, 2.45) is 11.7 Å². The van der Waals surface area contributed by atoms with Crippen LogP contribution in [0.5, 0.6) is 0 Å². The summed E-state index contributed by atoms with van der Waals surface area (Å²) in [5, 5.41) is 14.1. The summed E-state index contributed by atoms with van der Waals surface area (Å²) in [5.74, 6) is -2.36. The van der Waals surface area contributed by atoms with Crippen molar-refractivity contribution in [3.8, 4) is 0 Å². The van der Waals surface area contributed by atoms with Crippen LogP contribution in [0.3, 0.4) is 0 Å². The first-order valence-electron chi connectivity index (χ1n) is 7.02. The van der Waals surface area contributed by atoms with Gasteiger partial charge < -0.3 is 10.7 Å². The molecule has 0 saturated carbocycles. The van der Waals surface area contributed by atoms with Gasteiger partial charge in [-0.25, -0.2) is 4.98 Å². The molecule has 1 heterocycles. The van der Waals surface area contributed by atoms with Crippen LogP contribution in [0, 0.1) is 16.0 Å². The molecule has 0 saturated heterocycles. The van der Waals surface area contributed by atoms with Gasteiger partial charge in [-0.15, -0.1) is 0 Å². The number of amides is 1. The molecule has 0 aliphatic rings. The van der Waals surface area contributed by atoms with E-state index in [1.807, 2.05) is 0 Å². The highest BCUT2D eigenvalue weighted by Crippen LogP contribution is 2.30.